The van der Waals surface area contributed by atoms with Gasteiger partial charge in [0.1, 0.15) is 13.2 Å². The Labute approximate surface area is 321 Å². The standard InChI is InChI=1S/C46H82O6/c1-4-7-10-13-16-18-20-21-22-23-24-25-27-28-30-33-36-39-45(48)51-42-43(41-50-44(47)38-35-32-15-12-9-6-3)52-46(49)40-37-34-31-29-26-19-17-14-11-8-5-2/h14,16-18,21-22,43H,4-13,15,19-20,23-42H2,1-3H3/b17-14-,18-16-,22-21-. The van der Waals surface area contributed by atoms with E-state index in [-0.39, 0.29) is 31.1 Å². The molecule has 0 rings (SSSR count). The average Bonchev–Trinajstić information content (AvgIpc) is 3.14. The van der Waals surface area contributed by atoms with Gasteiger partial charge in [0.25, 0.3) is 0 Å². The van der Waals surface area contributed by atoms with E-state index in [4.69, 9.17) is 14.2 Å². The zero-order valence-corrected chi connectivity index (χ0v) is 34.3. The molecule has 0 radical (unpaired) electrons. The van der Waals surface area contributed by atoms with E-state index in [0.717, 1.165) is 83.5 Å². The maximum atomic E-state index is 12.6. The second-order valence-electron chi connectivity index (χ2n) is 14.6. The fraction of sp³-hybridized carbons (Fsp3) is 0.804. The third-order valence-corrected chi connectivity index (χ3v) is 9.37. The van der Waals surface area contributed by atoms with Gasteiger partial charge in [-0.15, -0.1) is 0 Å². The SMILES string of the molecule is CCCC/C=C\CCCCCCCC(=O)OC(COC(=O)CCCCCCCC)COC(=O)CCCCCCCCC/C=C\C/C=C\CCCCC. The first-order valence-electron chi connectivity index (χ1n) is 22.0. The van der Waals surface area contributed by atoms with Crippen molar-refractivity contribution in [3.63, 3.8) is 0 Å². The highest BCUT2D eigenvalue weighted by Gasteiger charge is 2.19. The maximum Gasteiger partial charge on any atom is 0.306 e. The highest BCUT2D eigenvalue weighted by molar-refractivity contribution is 5.71. The van der Waals surface area contributed by atoms with E-state index in [0.29, 0.717) is 19.3 Å². The number of hydrogen-bond donors (Lipinski definition) is 0. The first kappa shape index (κ1) is 49.6. The molecule has 0 aliphatic rings. The zero-order valence-electron chi connectivity index (χ0n) is 34.3. The van der Waals surface area contributed by atoms with Gasteiger partial charge in [-0.2, -0.15) is 0 Å². The van der Waals surface area contributed by atoms with Crippen LogP contribution in [0.15, 0.2) is 36.5 Å². The lowest BCUT2D eigenvalue weighted by atomic mass is 10.1. The van der Waals surface area contributed by atoms with Crippen LogP contribution in [0.1, 0.15) is 220 Å². The van der Waals surface area contributed by atoms with Crippen molar-refractivity contribution < 1.29 is 28.6 Å². The number of carbonyl (C=O) groups excluding carboxylic acids is 3. The average molecular weight is 731 g/mol. The van der Waals surface area contributed by atoms with Gasteiger partial charge in [-0.25, -0.2) is 0 Å². The van der Waals surface area contributed by atoms with Crippen molar-refractivity contribution in [1.82, 2.24) is 0 Å². The fourth-order valence-corrected chi connectivity index (χ4v) is 5.98. The third kappa shape index (κ3) is 38.9. The second kappa shape index (κ2) is 41.4. The Morgan fingerprint density at radius 3 is 1.17 bits per heavy atom. The van der Waals surface area contributed by atoms with Crippen LogP contribution in [0.5, 0.6) is 0 Å². The minimum absolute atomic E-state index is 0.0779. The summed E-state index contributed by atoms with van der Waals surface area (Å²) in [6, 6.07) is 0. The summed E-state index contributed by atoms with van der Waals surface area (Å²) in [7, 11) is 0. The Kier molecular flexibility index (Phi) is 39.5. The number of carbonyl (C=O) groups is 3. The largest absolute Gasteiger partial charge is 0.462 e. The van der Waals surface area contributed by atoms with Gasteiger partial charge in [-0.05, 0) is 70.6 Å². The molecule has 0 fully saturated rings. The summed E-state index contributed by atoms with van der Waals surface area (Å²) in [6.45, 7) is 6.49. The lowest BCUT2D eigenvalue weighted by molar-refractivity contribution is -0.167. The van der Waals surface area contributed by atoms with Gasteiger partial charge in [0, 0.05) is 19.3 Å². The topological polar surface area (TPSA) is 78.9 Å². The Bertz CT molecular complexity index is 891. The number of allylic oxidation sites excluding steroid dienone is 6. The molecule has 0 aromatic heterocycles. The number of rotatable bonds is 39. The Hall–Kier alpha value is -2.37. The van der Waals surface area contributed by atoms with Crippen molar-refractivity contribution in [1.29, 1.82) is 0 Å². The quantitative estimate of drug-likeness (QED) is 0.0271. The molecule has 1 unspecified atom stereocenters. The molecule has 6 nitrogen and oxygen atoms in total. The molecule has 0 aromatic rings. The molecule has 0 aliphatic carbocycles. The van der Waals surface area contributed by atoms with Crippen LogP contribution < -0.4 is 0 Å². The van der Waals surface area contributed by atoms with Crippen molar-refractivity contribution >= 4 is 17.9 Å². The summed E-state index contributed by atoms with van der Waals surface area (Å²) in [6.07, 6.45) is 45.7. The van der Waals surface area contributed by atoms with E-state index in [2.05, 4.69) is 57.2 Å². The van der Waals surface area contributed by atoms with Crippen LogP contribution in [0.2, 0.25) is 0 Å². The van der Waals surface area contributed by atoms with Crippen molar-refractivity contribution in [2.45, 2.75) is 226 Å². The summed E-state index contributed by atoms with van der Waals surface area (Å²) in [5.74, 6) is -0.907. The summed E-state index contributed by atoms with van der Waals surface area (Å²) < 4.78 is 16.6. The number of unbranched alkanes of at least 4 members (excludes halogenated alkanes) is 22. The fourth-order valence-electron chi connectivity index (χ4n) is 5.98. The van der Waals surface area contributed by atoms with Gasteiger partial charge < -0.3 is 14.2 Å². The Morgan fingerprint density at radius 1 is 0.385 bits per heavy atom. The predicted molar refractivity (Wildman–Crippen MR) is 219 cm³/mol. The molecule has 0 bridgehead atoms. The predicted octanol–water partition coefficient (Wildman–Crippen LogP) is 13.8. The van der Waals surface area contributed by atoms with Gasteiger partial charge in [0.15, 0.2) is 6.10 Å². The first-order valence-corrected chi connectivity index (χ1v) is 22.0. The molecular weight excluding hydrogens is 648 g/mol. The zero-order chi connectivity index (χ0) is 38.0. The van der Waals surface area contributed by atoms with Crippen LogP contribution in [-0.2, 0) is 28.6 Å². The van der Waals surface area contributed by atoms with Crippen LogP contribution in [0.4, 0.5) is 0 Å². The van der Waals surface area contributed by atoms with E-state index >= 15 is 0 Å². The number of esters is 3. The van der Waals surface area contributed by atoms with E-state index in [1.165, 1.54) is 96.3 Å². The Morgan fingerprint density at radius 2 is 0.712 bits per heavy atom. The van der Waals surface area contributed by atoms with Gasteiger partial charge in [-0.1, -0.05) is 166 Å². The van der Waals surface area contributed by atoms with Gasteiger partial charge >= 0.3 is 17.9 Å². The molecule has 0 saturated heterocycles. The molecule has 0 heterocycles. The molecule has 52 heavy (non-hydrogen) atoms. The minimum atomic E-state index is -0.772. The van der Waals surface area contributed by atoms with Crippen LogP contribution in [-0.4, -0.2) is 37.2 Å². The summed E-state index contributed by atoms with van der Waals surface area (Å²) in [5, 5.41) is 0. The molecule has 6 heteroatoms. The lowest BCUT2D eigenvalue weighted by Gasteiger charge is -2.18. The highest BCUT2D eigenvalue weighted by Crippen LogP contribution is 2.13. The van der Waals surface area contributed by atoms with Crippen molar-refractivity contribution in [3.05, 3.63) is 36.5 Å². The molecule has 0 aliphatic heterocycles. The molecule has 0 saturated carbocycles. The van der Waals surface area contributed by atoms with Gasteiger partial charge in [-0.3, -0.25) is 14.4 Å². The van der Waals surface area contributed by atoms with E-state index in [1.54, 1.807) is 0 Å². The monoisotopic (exact) mass is 731 g/mol. The van der Waals surface area contributed by atoms with Crippen LogP contribution in [0, 0.1) is 0 Å². The molecule has 1 atom stereocenters. The van der Waals surface area contributed by atoms with E-state index < -0.39 is 6.10 Å². The van der Waals surface area contributed by atoms with Crippen molar-refractivity contribution in [2.75, 3.05) is 13.2 Å². The summed E-state index contributed by atoms with van der Waals surface area (Å²) in [4.78, 5) is 37.5. The molecule has 302 valence electrons. The highest BCUT2D eigenvalue weighted by atomic mass is 16.6. The van der Waals surface area contributed by atoms with Crippen LogP contribution in [0.3, 0.4) is 0 Å². The maximum absolute atomic E-state index is 12.6. The minimum Gasteiger partial charge on any atom is -0.462 e. The third-order valence-electron chi connectivity index (χ3n) is 9.37. The smallest absolute Gasteiger partial charge is 0.306 e. The molecule has 0 spiro atoms. The Balaban J connectivity index is 4.26. The van der Waals surface area contributed by atoms with Gasteiger partial charge in [0.2, 0.25) is 0 Å². The number of hydrogen-bond acceptors (Lipinski definition) is 6. The van der Waals surface area contributed by atoms with Crippen LogP contribution in [0.25, 0.3) is 0 Å². The second-order valence-corrected chi connectivity index (χ2v) is 14.6. The molecular formula is C46H82O6. The van der Waals surface area contributed by atoms with Crippen molar-refractivity contribution in [3.8, 4) is 0 Å². The molecule has 0 N–H and O–H groups in total. The molecule has 0 amide bonds. The summed E-state index contributed by atoms with van der Waals surface area (Å²) >= 11 is 0. The normalized spacial score (nSPS) is 12.3. The first-order chi connectivity index (χ1) is 25.5. The van der Waals surface area contributed by atoms with E-state index in [1.807, 2.05) is 0 Å². The lowest BCUT2D eigenvalue weighted by Crippen LogP contribution is -2.30. The molecule has 0 aromatic carbocycles. The van der Waals surface area contributed by atoms with Crippen molar-refractivity contribution in [2.24, 2.45) is 0 Å². The van der Waals surface area contributed by atoms with Gasteiger partial charge in [0.05, 0.1) is 0 Å². The van der Waals surface area contributed by atoms with Crippen LogP contribution >= 0.6 is 0 Å². The van der Waals surface area contributed by atoms with E-state index in [9.17, 15) is 14.4 Å². The number of ether oxygens (including phenoxy) is 3. The summed E-state index contributed by atoms with van der Waals surface area (Å²) in [5.41, 5.74) is 0.